The number of hydrogen-bond acceptors (Lipinski definition) is 1. The van der Waals surface area contributed by atoms with Crippen molar-refractivity contribution in [2.75, 3.05) is 6.61 Å². The molecule has 0 radical (unpaired) electrons. The Morgan fingerprint density at radius 3 is 2.86 bits per heavy atom. The van der Waals surface area contributed by atoms with Gasteiger partial charge in [0, 0.05) is 10.9 Å². The molecule has 0 fully saturated rings. The lowest BCUT2D eigenvalue weighted by Crippen LogP contribution is -1.95. The van der Waals surface area contributed by atoms with E-state index in [1.54, 1.807) is 0 Å². The molecule has 0 unspecified atom stereocenters. The van der Waals surface area contributed by atoms with Crippen molar-refractivity contribution in [1.82, 2.24) is 0 Å². The molecule has 2 heteroatoms. The number of rotatable bonds is 3. The van der Waals surface area contributed by atoms with Crippen molar-refractivity contribution in [2.45, 2.75) is 20.3 Å². The van der Waals surface area contributed by atoms with Gasteiger partial charge in [0.15, 0.2) is 0 Å². The maximum atomic E-state index is 5.52. The van der Waals surface area contributed by atoms with Gasteiger partial charge >= 0.3 is 0 Å². The molecule has 1 rings (SSSR count). The zero-order valence-corrected chi connectivity index (χ0v) is 10.0. The molecule has 0 saturated heterocycles. The highest BCUT2D eigenvalue weighted by Crippen LogP contribution is 2.21. The van der Waals surface area contributed by atoms with Crippen LogP contribution in [-0.4, -0.2) is 6.61 Å². The first-order valence-electron chi connectivity index (χ1n) is 4.52. The lowest BCUT2D eigenvalue weighted by Gasteiger charge is -2.05. The van der Waals surface area contributed by atoms with Crippen molar-refractivity contribution in [1.29, 1.82) is 0 Å². The Morgan fingerprint density at radius 1 is 1.43 bits per heavy atom. The van der Waals surface area contributed by atoms with Gasteiger partial charge < -0.3 is 4.74 Å². The van der Waals surface area contributed by atoms with Crippen LogP contribution in [-0.2, 0) is 0 Å². The van der Waals surface area contributed by atoms with Crippen LogP contribution in [0.2, 0.25) is 0 Å². The van der Waals surface area contributed by atoms with Gasteiger partial charge in [-0.1, -0.05) is 15.9 Å². The van der Waals surface area contributed by atoms with Crippen molar-refractivity contribution in [3.63, 3.8) is 0 Å². The van der Waals surface area contributed by atoms with E-state index in [1.807, 2.05) is 32.0 Å². The summed E-state index contributed by atoms with van der Waals surface area (Å²) in [5.74, 6) is 6.70. The van der Waals surface area contributed by atoms with Gasteiger partial charge in [-0.15, -0.1) is 11.8 Å². The number of halogens is 1. The molecule has 0 heterocycles. The second-order valence-electron chi connectivity index (χ2n) is 2.94. The van der Waals surface area contributed by atoms with Crippen LogP contribution in [0.1, 0.15) is 18.9 Å². The zero-order chi connectivity index (χ0) is 10.4. The van der Waals surface area contributed by atoms with E-state index in [-0.39, 0.29) is 0 Å². The fourth-order valence-electron chi connectivity index (χ4n) is 1.05. The normalized spacial score (nSPS) is 9.07. The highest BCUT2D eigenvalue weighted by molar-refractivity contribution is 9.10. The fourth-order valence-corrected chi connectivity index (χ4v) is 1.30. The molecule has 0 amide bonds. The van der Waals surface area contributed by atoms with E-state index in [2.05, 4.69) is 27.8 Å². The van der Waals surface area contributed by atoms with Gasteiger partial charge in [0.2, 0.25) is 0 Å². The van der Waals surface area contributed by atoms with E-state index < -0.39 is 0 Å². The van der Waals surface area contributed by atoms with E-state index in [9.17, 15) is 0 Å². The molecule has 1 nitrogen and oxygen atoms in total. The molecule has 0 aliphatic rings. The molecule has 0 aliphatic carbocycles. The Bertz CT molecular complexity index is 360. The summed E-state index contributed by atoms with van der Waals surface area (Å²) in [7, 11) is 0. The molecule has 0 aromatic heterocycles. The average Bonchev–Trinajstić information content (AvgIpc) is 2.18. The van der Waals surface area contributed by atoms with E-state index in [4.69, 9.17) is 4.74 Å². The number of ether oxygens (including phenoxy) is 1. The minimum atomic E-state index is 0.655. The Balaban J connectivity index is 2.50. The minimum Gasteiger partial charge on any atom is -0.493 e. The third-order valence-corrected chi connectivity index (χ3v) is 2.69. The third-order valence-electron chi connectivity index (χ3n) is 1.80. The fraction of sp³-hybridized carbons (Fsp3) is 0.333. The minimum absolute atomic E-state index is 0.655. The highest BCUT2D eigenvalue weighted by atomic mass is 79.9. The lowest BCUT2D eigenvalue weighted by atomic mass is 10.2. The molecule has 14 heavy (non-hydrogen) atoms. The van der Waals surface area contributed by atoms with Gasteiger partial charge in [0.05, 0.1) is 6.61 Å². The molecule has 0 spiro atoms. The SMILES string of the molecule is CC#CCCOc1ccc(Br)c(C)c1. The molecular formula is C12H13BrO. The summed E-state index contributed by atoms with van der Waals surface area (Å²) in [6, 6.07) is 5.97. The first kappa shape index (κ1) is 11.1. The largest absolute Gasteiger partial charge is 0.493 e. The molecule has 0 saturated carbocycles. The van der Waals surface area contributed by atoms with E-state index in [1.165, 1.54) is 5.56 Å². The Labute approximate surface area is 93.6 Å². The summed E-state index contributed by atoms with van der Waals surface area (Å²) in [6.45, 7) is 4.54. The van der Waals surface area contributed by atoms with Gasteiger partial charge in [-0.3, -0.25) is 0 Å². The van der Waals surface area contributed by atoms with Crippen molar-refractivity contribution in [3.8, 4) is 17.6 Å². The van der Waals surface area contributed by atoms with Gasteiger partial charge in [-0.05, 0) is 37.6 Å². The Morgan fingerprint density at radius 2 is 2.21 bits per heavy atom. The molecule has 1 aromatic rings. The standard InChI is InChI=1S/C12H13BrO/c1-3-4-5-8-14-11-6-7-12(13)10(2)9-11/h6-7,9H,5,8H2,1-2H3. The Kier molecular flexibility index (Phi) is 4.55. The number of aryl methyl sites for hydroxylation is 1. The van der Waals surface area contributed by atoms with Crippen LogP contribution in [0, 0.1) is 18.8 Å². The van der Waals surface area contributed by atoms with E-state index >= 15 is 0 Å². The summed E-state index contributed by atoms with van der Waals surface area (Å²) in [4.78, 5) is 0. The van der Waals surface area contributed by atoms with Gasteiger partial charge in [-0.2, -0.15) is 0 Å². The molecular weight excluding hydrogens is 240 g/mol. The van der Waals surface area contributed by atoms with Crippen molar-refractivity contribution in [2.24, 2.45) is 0 Å². The second-order valence-corrected chi connectivity index (χ2v) is 3.79. The van der Waals surface area contributed by atoms with Crippen LogP contribution >= 0.6 is 15.9 Å². The first-order chi connectivity index (χ1) is 6.74. The maximum Gasteiger partial charge on any atom is 0.119 e. The summed E-state index contributed by atoms with van der Waals surface area (Å²) in [5, 5.41) is 0. The third kappa shape index (κ3) is 3.43. The smallest absolute Gasteiger partial charge is 0.119 e. The quantitative estimate of drug-likeness (QED) is 0.591. The predicted molar refractivity (Wildman–Crippen MR) is 62.4 cm³/mol. The topological polar surface area (TPSA) is 9.23 Å². The highest BCUT2D eigenvalue weighted by Gasteiger charge is 1.97. The number of hydrogen-bond donors (Lipinski definition) is 0. The molecule has 0 bridgehead atoms. The summed E-state index contributed by atoms with van der Waals surface area (Å²) in [6.07, 6.45) is 0.783. The molecule has 74 valence electrons. The molecule has 0 aliphatic heterocycles. The van der Waals surface area contributed by atoms with E-state index in [0.717, 1.165) is 16.6 Å². The van der Waals surface area contributed by atoms with Crippen LogP contribution in [0.25, 0.3) is 0 Å². The predicted octanol–water partition coefficient (Wildman–Crippen LogP) is 3.55. The van der Waals surface area contributed by atoms with Crippen molar-refractivity contribution >= 4 is 15.9 Å². The number of benzene rings is 1. The Hall–Kier alpha value is -0.940. The second kappa shape index (κ2) is 5.72. The molecule has 1 aromatic carbocycles. The first-order valence-corrected chi connectivity index (χ1v) is 5.32. The maximum absolute atomic E-state index is 5.52. The molecule has 0 atom stereocenters. The van der Waals surface area contributed by atoms with Gasteiger partial charge in [-0.25, -0.2) is 0 Å². The summed E-state index contributed by atoms with van der Waals surface area (Å²) in [5.41, 5.74) is 1.18. The van der Waals surface area contributed by atoms with E-state index in [0.29, 0.717) is 6.61 Å². The summed E-state index contributed by atoms with van der Waals surface area (Å²) >= 11 is 3.44. The lowest BCUT2D eigenvalue weighted by molar-refractivity contribution is 0.327. The van der Waals surface area contributed by atoms with Crippen LogP contribution in [0.15, 0.2) is 22.7 Å². The summed E-state index contributed by atoms with van der Waals surface area (Å²) < 4.78 is 6.63. The van der Waals surface area contributed by atoms with Crippen LogP contribution in [0.3, 0.4) is 0 Å². The van der Waals surface area contributed by atoms with Crippen LogP contribution < -0.4 is 4.74 Å². The van der Waals surface area contributed by atoms with Crippen molar-refractivity contribution < 1.29 is 4.74 Å². The van der Waals surface area contributed by atoms with Gasteiger partial charge in [0.25, 0.3) is 0 Å². The monoisotopic (exact) mass is 252 g/mol. The molecule has 0 N–H and O–H groups in total. The van der Waals surface area contributed by atoms with Crippen molar-refractivity contribution in [3.05, 3.63) is 28.2 Å². The average molecular weight is 253 g/mol. The van der Waals surface area contributed by atoms with Crippen LogP contribution in [0.5, 0.6) is 5.75 Å². The van der Waals surface area contributed by atoms with Gasteiger partial charge in [0.1, 0.15) is 5.75 Å². The zero-order valence-electron chi connectivity index (χ0n) is 8.43. The van der Waals surface area contributed by atoms with Crippen LogP contribution in [0.4, 0.5) is 0 Å².